The SMILES string of the molecule is CO[C@H]1C[C@H]2OC[C@@]2(OC(C)=O)C2(C)[C@H](OC(=O)c3ccccc3)C3(O)C[C@H](O)C(C)C(=C(OC(C)=O)C(=O)[C@]12C)C3(C)C. The summed E-state index contributed by atoms with van der Waals surface area (Å²) in [5.74, 6) is -3.92. The van der Waals surface area contributed by atoms with Crippen LogP contribution in [0.4, 0.5) is 0 Å². The molecule has 3 fully saturated rings. The number of esters is 3. The minimum atomic E-state index is -2.09. The number of allylic oxidation sites excluding steroid dienone is 1. The van der Waals surface area contributed by atoms with Gasteiger partial charge in [0.1, 0.15) is 17.8 Å². The molecule has 3 aliphatic carbocycles. The van der Waals surface area contributed by atoms with Crippen molar-refractivity contribution in [2.75, 3.05) is 13.7 Å². The van der Waals surface area contributed by atoms with E-state index in [-0.39, 0.29) is 36.3 Å². The number of Topliss-reactive ketones (excluding diaryl/α,β-unsaturated/α-hetero) is 1. The van der Waals surface area contributed by atoms with E-state index in [1.807, 2.05) is 0 Å². The third-order valence-electron chi connectivity index (χ3n) is 11.3. The first kappa shape index (κ1) is 32.3. The van der Waals surface area contributed by atoms with Crippen LogP contribution in [-0.4, -0.2) is 83.2 Å². The highest BCUT2D eigenvalue weighted by molar-refractivity contribution is 6.02. The van der Waals surface area contributed by atoms with E-state index in [4.69, 9.17) is 23.7 Å². The molecule has 9 atom stereocenters. The van der Waals surface area contributed by atoms with E-state index >= 15 is 4.79 Å². The van der Waals surface area contributed by atoms with Gasteiger partial charge in [-0.3, -0.25) is 14.4 Å². The molecule has 0 spiro atoms. The predicted molar refractivity (Wildman–Crippen MR) is 154 cm³/mol. The minimum absolute atomic E-state index is 0.115. The highest BCUT2D eigenvalue weighted by atomic mass is 16.6. The Bertz CT molecular complexity index is 1420. The van der Waals surface area contributed by atoms with E-state index < -0.39 is 81.5 Å². The summed E-state index contributed by atoms with van der Waals surface area (Å²) in [5, 5.41) is 24.6. The monoisotopic (exact) mass is 614 g/mol. The van der Waals surface area contributed by atoms with Crippen LogP contribution in [0.2, 0.25) is 0 Å². The number of carbonyl (C=O) groups excluding carboxylic acids is 4. The van der Waals surface area contributed by atoms with Crippen molar-refractivity contribution in [1.29, 1.82) is 0 Å². The molecular formula is C33H42O11. The third kappa shape index (κ3) is 4.01. The maximum absolute atomic E-state index is 15.2. The Labute approximate surface area is 256 Å². The molecule has 1 heterocycles. The number of rotatable bonds is 5. The van der Waals surface area contributed by atoms with E-state index in [0.717, 1.165) is 0 Å². The number of hydrogen-bond donors (Lipinski definition) is 2. The van der Waals surface area contributed by atoms with Gasteiger partial charge in [0, 0.05) is 45.1 Å². The molecule has 240 valence electrons. The quantitative estimate of drug-likeness (QED) is 0.372. The van der Waals surface area contributed by atoms with Crippen LogP contribution >= 0.6 is 0 Å². The van der Waals surface area contributed by atoms with Crippen molar-refractivity contribution in [3.8, 4) is 0 Å². The van der Waals surface area contributed by atoms with Gasteiger partial charge in [-0.1, -0.05) is 45.9 Å². The number of fused-ring (bicyclic) bond motifs is 5. The Morgan fingerprint density at radius 1 is 1.02 bits per heavy atom. The lowest BCUT2D eigenvalue weighted by molar-refractivity contribution is -0.381. The van der Waals surface area contributed by atoms with Crippen LogP contribution in [0.15, 0.2) is 41.7 Å². The molecule has 1 aliphatic heterocycles. The Balaban J connectivity index is 1.93. The van der Waals surface area contributed by atoms with Crippen LogP contribution in [0.1, 0.15) is 71.7 Å². The second-order valence-electron chi connectivity index (χ2n) is 13.6. The van der Waals surface area contributed by atoms with Crippen LogP contribution in [0.5, 0.6) is 0 Å². The number of methoxy groups -OCH3 is 1. The zero-order valence-corrected chi connectivity index (χ0v) is 26.5. The number of benzene rings is 1. The van der Waals surface area contributed by atoms with Gasteiger partial charge in [0.25, 0.3) is 0 Å². The van der Waals surface area contributed by atoms with Gasteiger partial charge in [0.05, 0.1) is 35.2 Å². The molecule has 2 bridgehead atoms. The number of ketones is 1. The Morgan fingerprint density at radius 2 is 1.66 bits per heavy atom. The van der Waals surface area contributed by atoms with Crippen molar-refractivity contribution in [1.82, 2.24) is 0 Å². The molecule has 11 nitrogen and oxygen atoms in total. The second kappa shape index (κ2) is 10.5. The summed E-state index contributed by atoms with van der Waals surface area (Å²) in [6, 6.07) is 8.19. The molecule has 0 radical (unpaired) electrons. The number of aliphatic hydroxyl groups is 2. The lowest BCUT2D eigenvalue weighted by Gasteiger charge is -2.72. The van der Waals surface area contributed by atoms with Gasteiger partial charge in [-0.25, -0.2) is 4.79 Å². The normalized spacial score (nSPS) is 40.8. The molecule has 3 unspecified atom stereocenters. The molecule has 11 heteroatoms. The van der Waals surface area contributed by atoms with Crippen molar-refractivity contribution < 1.29 is 53.1 Å². The average molecular weight is 615 g/mol. The fourth-order valence-electron chi connectivity index (χ4n) is 8.68. The maximum Gasteiger partial charge on any atom is 0.338 e. The molecular weight excluding hydrogens is 572 g/mol. The number of hydrogen-bond acceptors (Lipinski definition) is 11. The Morgan fingerprint density at radius 3 is 2.18 bits per heavy atom. The van der Waals surface area contributed by atoms with E-state index in [9.17, 15) is 24.6 Å². The molecule has 1 saturated heterocycles. The molecule has 2 N–H and O–H groups in total. The van der Waals surface area contributed by atoms with Crippen molar-refractivity contribution in [3.05, 3.63) is 47.2 Å². The van der Waals surface area contributed by atoms with Crippen molar-refractivity contribution in [2.45, 2.75) is 96.9 Å². The minimum Gasteiger partial charge on any atom is -0.455 e. The summed E-state index contributed by atoms with van der Waals surface area (Å²) in [6.07, 6.45) is -4.69. The molecule has 4 aliphatic rings. The molecule has 2 saturated carbocycles. The molecule has 1 aromatic rings. The van der Waals surface area contributed by atoms with Gasteiger partial charge in [-0.05, 0) is 24.6 Å². The first-order valence-corrected chi connectivity index (χ1v) is 14.9. The van der Waals surface area contributed by atoms with Gasteiger partial charge in [0.2, 0.25) is 5.78 Å². The van der Waals surface area contributed by atoms with Gasteiger partial charge >= 0.3 is 17.9 Å². The lowest BCUT2D eigenvalue weighted by Crippen LogP contribution is -2.86. The molecule has 0 amide bonds. The van der Waals surface area contributed by atoms with Gasteiger partial charge in [0.15, 0.2) is 11.4 Å². The second-order valence-corrected chi connectivity index (χ2v) is 13.6. The standard InChI is InChI=1S/C33H42O11/c1-17-21(36)15-32(39)28(43-27(38)20-12-10-9-11-13-20)31(7)30(6,26(37)25(42-18(2)34)24(17)29(32,4)5)22(40-8)14-23-33(31,16-41-23)44-19(3)35/h9-13,17,21-23,28,36,39H,14-16H2,1-8H3/t17?,21-,22-,23+,28-,30-,31?,32?,33-/m0/s1. The van der Waals surface area contributed by atoms with E-state index in [0.29, 0.717) is 0 Å². The summed E-state index contributed by atoms with van der Waals surface area (Å²) < 4.78 is 30.2. The van der Waals surface area contributed by atoms with Crippen LogP contribution in [0.3, 0.4) is 0 Å². The molecule has 1 aromatic carbocycles. The first-order chi connectivity index (χ1) is 20.4. The summed E-state index contributed by atoms with van der Waals surface area (Å²) >= 11 is 0. The number of carbonyl (C=O) groups is 4. The molecule has 0 aromatic heterocycles. The van der Waals surface area contributed by atoms with E-state index in [2.05, 4.69) is 0 Å². The summed E-state index contributed by atoms with van der Waals surface area (Å²) in [5.41, 5.74) is -8.19. The smallest absolute Gasteiger partial charge is 0.338 e. The maximum atomic E-state index is 15.2. The van der Waals surface area contributed by atoms with Crippen molar-refractivity contribution in [3.63, 3.8) is 0 Å². The van der Waals surface area contributed by atoms with Crippen LogP contribution in [0, 0.1) is 22.2 Å². The Kier molecular flexibility index (Phi) is 7.68. The molecule has 44 heavy (non-hydrogen) atoms. The summed E-state index contributed by atoms with van der Waals surface area (Å²) in [7, 11) is 1.43. The van der Waals surface area contributed by atoms with Gasteiger partial charge in [-0.2, -0.15) is 0 Å². The third-order valence-corrected chi connectivity index (χ3v) is 11.3. The first-order valence-electron chi connectivity index (χ1n) is 14.9. The highest BCUT2D eigenvalue weighted by Crippen LogP contribution is 2.70. The fraction of sp³-hybridized carbons (Fsp3) is 0.636. The van der Waals surface area contributed by atoms with Crippen LogP contribution < -0.4 is 0 Å². The topological polar surface area (TPSA) is 155 Å². The lowest BCUT2D eigenvalue weighted by atomic mass is 9.38. The number of ether oxygens (including phenoxy) is 5. The van der Waals surface area contributed by atoms with E-state index in [1.165, 1.54) is 21.0 Å². The fourth-order valence-corrected chi connectivity index (χ4v) is 8.68. The van der Waals surface area contributed by atoms with Gasteiger partial charge < -0.3 is 33.9 Å². The predicted octanol–water partition coefficient (Wildman–Crippen LogP) is 2.90. The molecule has 5 rings (SSSR count). The summed E-state index contributed by atoms with van der Waals surface area (Å²) in [4.78, 5) is 54.5. The van der Waals surface area contributed by atoms with Gasteiger partial charge in [-0.15, -0.1) is 0 Å². The van der Waals surface area contributed by atoms with Crippen LogP contribution in [0.25, 0.3) is 0 Å². The Hall–Kier alpha value is -3.12. The highest BCUT2D eigenvalue weighted by Gasteiger charge is 2.83. The van der Waals surface area contributed by atoms with E-state index in [1.54, 1.807) is 65.0 Å². The summed E-state index contributed by atoms with van der Waals surface area (Å²) in [6.45, 7) is 10.5. The average Bonchev–Trinajstić information content (AvgIpc) is 2.94. The largest absolute Gasteiger partial charge is 0.455 e. The van der Waals surface area contributed by atoms with Crippen molar-refractivity contribution in [2.24, 2.45) is 22.2 Å². The van der Waals surface area contributed by atoms with Crippen LogP contribution in [-0.2, 0) is 38.1 Å². The zero-order valence-electron chi connectivity index (χ0n) is 26.5. The van der Waals surface area contributed by atoms with Crippen molar-refractivity contribution >= 4 is 23.7 Å². The zero-order chi connectivity index (χ0) is 32.6. The number of aliphatic hydroxyl groups excluding tert-OH is 1.